The molecule has 0 aromatic rings. The highest BCUT2D eigenvalue weighted by Crippen LogP contribution is 2.75. The highest BCUT2D eigenvalue weighted by Gasteiger charge is 2.68. The molecule has 0 spiro atoms. The Morgan fingerprint density at radius 1 is 0.875 bits per heavy atom. The molecule has 1 unspecified atom stereocenters. The summed E-state index contributed by atoms with van der Waals surface area (Å²) in [6.07, 6.45) is 15.3. The van der Waals surface area contributed by atoms with E-state index in [1.807, 2.05) is 5.57 Å². The summed E-state index contributed by atoms with van der Waals surface area (Å²) in [4.78, 5) is 0. The van der Waals surface area contributed by atoms with Crippen LogP contribution in [0.25, 0.3) is 0 Å². The van der Waals surface area contributed by atoms with Crippen LogP contribution in [0.4, 0.5) is 0 Å². The predicted molar refractivity (Wildman–Crippen MR) is 134 cm³/mol. The first kappa shape index (κ1) is 23.4. The number of fused-ring (bicyclic) bond motifs is 7. The van der Waals surface area contributed by atoms with E-state index in [2.05, 4.69) is 54.5 Å². The van der Waals surface area contributed by atoms with Crippen LogP contribution in [-0.4, -0.2) is 17.8 Å². The molecule has 4 saturated carbocycles. The van der Waals surface area contributed by atoms with Crippen LogP contribution in [0.5, 0.6) is 0 Å². The largest absolute Gasteiger partial charge is 0.393 e. The van der Waals surface area contributed by atoms with Gasteiger partial charge in [0.25, 0.3) is 0 Å². The summed E-state index contributed by atoms with van der Waals surface area (Å²) in [5, 5.41) is 10.9. The van der Waals surface area contributed by atoms with Crippen LogP contribution < -0.4 is 5.73 Å². The number of nitrogens with two attached hydrogens (primary N) is 1. The molecule has 0 aromatic heterocycles. The minimum absolute atomic E-state index is 0.0356. The summed E-state index contributed by atoms with van der Waals surface area (Å²) in [5.41, 5.74) is 10.2. The molecule has 0 aromatic carbocycles. The lowest BCUT2D eigenvalue weighted by molar-refractivity contribution is -0.203. The number of hydrogen-bond donors (Lipinski definition) is 2. The number of rotatable bonds is 1. The summed E-state index contributed by atoms with van der Waals surface area (Å²) in [6.45, 7) is 18.5. The molecule has 0 amide bonds. The lowest BCUT2D eigenvalue weighted by Gasteiger charge is -2.71. The molecular weight excluding hydrogens is 390 g/mol. The van der Waals surface area contributed by atoms with Crippen molar-refractivity contribution in [3.8, 4) is 0 Å². The Bertz CT molecular complexity index is 812. The van der Waals surface area contributed by atoms with Gasteiger partial charge in [0, 0.05) is 0 Å². The van der Waals surface area contributed by atoms with E-state index in [1.165, 1.54) is 57.8 Å². The molecule has 0 bridgehead atoms. The Kier molecular flexibility index (Phi) is 5.02. The first-order valence-corrected chi connectivity index (χ1v) is 13.8. The molecule has 5 aliphatic rings. The smallest absolute Gasteiger partial charge is 0.0594 e. The Morgan fingerprint density at radius 2 is 1.56 bits per heavy atom. The minimum Gasteiger partial charge on any atom is -0.393 e. The van der Waals surface area contributed by atoms with Gasteiger partial charge in [-0.3, -0.25) is 0 Å². The molecule has 2 nitrogen and oxygen atoms in total. The topological polar surface area (TPSA) is 46.2 Å². The molecular formula is C30H51NO. The summed E-state index contributed by atoms with van der Waals surface area (Å²) in [6, 6.07) is 0. The molecule has 4 fully saturated rings. The second-order valence-corrected chi connectivity index (χ2v) is 15.2. The van der Waals surface area contributed by atoms with Crippen molar-refractivity contribution in [1.29, 1.82) is 0 Å². The van der Waals surface area contributed by atoms with Crippen molar-refractivity contribution in [3.63, 3.8) is 0 Å². The van der Waals surface area contributed by atoms with Crippen LogP contribution in [0.2, 0.25) is 0 Å². The van der Waals surface area contributed by atoms with Crippen LogP contribution in [0, 0.1) is 50.2 Å². The van der Waals surface area contributed by atoms with Crippen molar-refractivity contribution in [2.24, 2.45) is 56.0 Å². The fraction of sp³-hybridized carbons (Fsp3) is 0.933. The van der Waals surface area contributed by atoms with Gasteiger partial charge in [-0.1, -0.05) is 60.1 Å². The SMILES string of the molecule is CC1(C)CC[C@]2(CN)CC[C@]3(C)C(=CC[C@@H]4[C@@]5(C)CC[C@H](O)C(C)(C)[C@@H]5CC[C@]43C)C2C1. The van der Waals surface area contributed by atoms with Crippen molar-refractivity contribution in [2.45, 2.75) is 119 Å². The molecule has 2 heteroatoms. The maximum atomic E-state index is 10.9. The maximum Gasteiger partial charge on any atom is 0.0594 e. The van der Waals surface area contributed by atoms with Gasteiger partial charge in [-0.05, 0) is 121 Å². The number of allylic oxidation sites excluding steroid dienone is 2. The normalized spacial score (nSPS) is 53.8. The average molecular weight is 442 g/mol. The van der Waals surface area contributed by atoms with Gasteiger partial charge in [0.05, 0.1) is 6.10 Å². The predicted octanol–water partition coefficient (Wildman–Crippen LogP) is 7.11. The van der Waals surface area contributed by atoms with Crippen molar-refractivity contribution < 1.29 is 5.11 Å². The van der Waals surface area contributed by atoms with E-state index in [-0.39, 0.29) is 11.5 Å². The van der Waals surface area contributed by atoms with Crippen molar-refractivity contribution in [1.82, 2.24) is 0 Å². The van der Waals surface area contributed by atoms with Gasteiger partial charge < -0.3 is 10.8 Å². The monoisotopic (exact) mass is 441 g/mol. The molecule has 3 N–H and O–H groups in total. The second kappa shape index (κ2) is 6.87. The highest BCUT2D eigenvalue weighted by molar-refractivity contribution is 5.34. The van der Waals surface area contributed by atoms with Gasteiger partial charge >= 0.3 is 0 Å². The van der Waals surface area contributed by atoms with Gasteiger partial charge in [-0.25, -0.2) is 0 Å². The molecule has 0 saturated heterocycles. The zero-order valence-corrected chi connectivity index (χ0v) is 22.2. The second-order valence-electron chi connectivity index (χ2n) is 15.2. The third-order valence-corrected chi connectivity index (χ3v) is 13.2. The molecule has 32 heavy (non-hydrogen) atoms. The third-order valence-electron chi connectivity index (χ3n) is 13.2. The molecule has 0 aliphatic heterocycles. The Hall–Kier alpha value is -0.340. The fourth-order valence-corrected chi connectivity index (χ4v) is 10.7. The van der Waals surface area contributed by atoms with E-state index in [1.54, 1.807) is 0 Å². The van der Waals surface area contributed by atoms with Crippen LogP contribution in [0.1, 0.15) is 113 Å². The van der Waals surface area contributed by atoms with E-state index in [4.69, 9.17) is 5.73 Å². The summed E-state index contributed by atoms with van der Waals surface area (Å²) >= 11 is 0. The van der Waals surface area contributed by atoms with Crippen molar-refractivity contribution in [3.05, 3.63) is 11.6 Å². The first-order valence-electron chi connectivity index (χ1n) is 13.8. The van der Waals surface area contributed by atoms with E-state index < -0.39 is 0 Å². The van der Waals surface area contributed by atoms with Gasteiger partial charge in [-0.15, -0.1) is 0 Å². The van der Waals surface area contributed by atoms with Crippen molar-refractivity contribution >= 4 is 0 Å². The zero-order chi connectivity index (χ0) is 23.4. The molecule has 5 rings (SSSR count). The molecule has 0 radical (unpaired) electrons. The van der Waals surface area contributed by atoms with Crippen LogP contribution in [-0.2, 0) is 0 Å². The first-order chi connectivity index (χ1) is 14.8. The van der Waals surface area contributed by atoms with E-state index in [0.717, 1.165) is 18.9 Å². The Labute approximate surface area is 198 Å². The Balaban J connectivity index is 1.58. The van der Waals surface area contributed by atoms with Crippen LogP contribution in [0.15, 0.2) is 11.6 Å². The van der Waals surface area contributed by atoms with Crippen LogP contribution in [0.3, 0.4) is 0 Å². The maximum absolute atomic E-state index is 10.9. The quantitative estimate of drug-likeness (QED) is 0.426. The van der Waals surface area contributed by atoms with Crippen molar-refractivity contribution in [2.75, 3.05) is 6.54 Å². The molecule has 5 aliphatic carbocycles. The molecule has 8 atom stereocenters. The van der Waals surface area contributed by atoms with Crippen LogP contribution >= 0.6 is 0 Å². The molecule has 182 valence electrons. The number of aliphatic hydroxyl groups excluding tert-OH is 1. The Morgan fingerprint density at radius 3 is 2.25 bits per heavy atom. The lowest BCUT2D eigenvalue weighted by atomic mass is 9.33. The van der Waals surface area contributed by atoms with E-state index in [0.29, 0.717) is 38.9 Å². The zero-order valence-electron chi connectivity index (χ0n) is 22.2. The summed E-state index contributed by atoms with van der Waals surface area (Å²) in [7, 11) is 0. The number of hydrogen-bond acceptors (Lipinski definition) is 2. The summed E-state index contributed by atoms with van der Waals surface area (Å²) in [5.74, 6) is 2.05. The van der Waals surface area contributed by atoms with E-state index in [9.17, 15) is 5.11 Å². The average Bonchev–Trinajstić information content (AvgIpc) is 2.71. The van der Waals surface area contributed by atoms with Gasteiger partial charge in [0.1, 0.15) is 0 Å². The van der Waals surface area contributed by atoms with Gasteiger partial charge in [0.15, 0.2) is 0 Å². The standard InChI is InChI=1S/C30H51NO/c1-25(2)14-16-30(19-31)17-15-28(6)20(21(30)18-25)8-9-23-27(5)12-11-24(32)26(3,4)22(27)10-13-29(23,28)7/h8,21-24,32H,9-19,31H2,1-7H3/t21?,22-,23+,24-,27-,28+,29+,30+/m0/s1. The molecule has 0 heterocycles. The third kappa shape index (κ3) is 2.78. The van der Waals surface area contributed by atoms with E-state index >= 15 is 0 Å². The number of aliphatic hydroxyl groups is 1. The van der Waals surface area contributed by atoms with Gasteiger partial charge in [-0.2, -0.15) is 0 Å². The summed E-state index contributed by atoms with van der Waals surface area (Å²) < 4.78 is 0. The van der Waals surface area contributed by atoms with Gasteiger partial charge in [0.2, 0.25) is 0 Å². The minimum atomic E-state index is -0.139. The fourth-order valence-electron chi connectivity index (χ4n) is 10.7. The lowest BCUT2D eigenvalue weighted by Crippen LogP contribution is -2.65. The highest BCUT2D eigenvalue weighted by atomic mass is 16.3.